The highest BCUT2D eigenvalue weighted by Gasteiger charge is 2.24. The van der Waals surface area contributed by atoms with Crippen LogP contribution in [0.5, 0.6) is 0 Å². The number of nitrogens with one attached hydrogen (secondary N) is 2. The molecule has 4 nitrogen and oxygen atoms in total. The number of hydrogen-bond acceptors (Lipinski definition) is 2. The first-order valence-electron chi connectivity index (χ1n) is 9.83. The largest absolute Gasteiger partial charge is 0.352 e. The van der Waals surface area contributed by atoms with E-state index in [9.17, 15) is 0 Å². The molecule has 0 saturated carbocycles. The van der Waals surface area contributed by atoms with Gasteiger partial charge in [-0.25, -0.2) is 4.68 Å². The lowest BCUT2D eigenvalue weighted by atomic mass is 9.99. The standard InChI is InChI=1S/C25H20N4S/c30-25-26-22(18-10-4-1-5-11-18)16-23(27-25)21-17-29(20-14-8-3-9-15-20)28-24(21)19-12-6-2-7-13-19/h1-17,23H,(H2,26,27,30)/t23-/m1/s1. The summed E-state index contributed by atoms with van der Waals surface area (Å²) in [6.45, 7) is 0. The zero-order valence-corrected chi connectivity index (χ0v) is 17.0. The molecule has 5 rings (SSSR count). The van der Waals surface area contributed by atoms with Gasteiger partial charge in [0.1, 0.15) is 0 Å². The van der Waals surface area contributed by atoms with E-state index in [1.165, 1.54) is 0 Å². The Bertz CT molecular complexity index is 1200. The van der Waals surface area contributed by atoms with Gasteiger partial charge in [0.2, 0.25) is 0 Å². The highest BCUT2D eigenvalue weighted by molar-refractivity contribution is 7.80. The van der Waals surface area contributed by atoms with Gasteiger partial charge in [0.05, 0.1) is 17.4 Å². The second-order valence-corrected chi connectivity index (χ2v) is 7.51. The molecule has 30 heavy (non-hydrogen) atoms. The molecule has 0 unspecified atom stereocenters. The second-order valence-electron chi connectivity index (χ2n) is 7.10. The minimum Gasteiger partial charge on any atom is -0.352 e. The van der Waals surface area contributed by atoms with E-state index in [0.717, 1.165) is 33.8 Å². The molecule has 1 aliphatic rings. The van der Waals surface area contributed by atoms with Crippen LogP contribution in [0.25, 0.3) is 22.6 Å². The first-order chi connectivity index (χ1) is 14.8. The fourth-order valence-corrected chi connectivity index (χ4v) is 3.89. The van der Waals surface area contributed by atoms with Crippen molar-refractivity contribution in [3.8, 4) is 16.9 Å². The van der Waals surface area contributed by atoms with Gasteiger partial charge in [0, 0.05) is 23.0 Å². The normalized spacial score (nSPS) is 15.8. The van der Waals surface area contributed by atoms with Crippen LogP contribution < -0.4 is 10.6 Å². The molecule has 0 saturated heterocycles. The third-order valence-electron chi connectivity index (χ3n) is 5.10. The van der Waals surface area contributed by atoms with Gasteiger partial charge in [0.25, 0.3) is 0 Å². The van der Waals surface area contributed by atoms with Gasteiger partial charge in [-0.2, -0.15) is 5.10 Å². The Morgan fingerprint density at radius 2 is 1.37 bits per heavy atom. The summed E-state index contributed by atoms with van der Waals surface area (Å²) in [6.07, 6.45) is 4.26. The van der Waals surface area contributed by atoms with Crippen LogP contribution in [0, 0.1) is 0 Å². The van der Waals surface area contributed by atoms with E-state index in [1.54, 1.807) is 0 Å². The fraction of sp³-hybridized carbons (Fsp3) is 0.0400. The average molecular weight is 409 g/mol. The van der Waals surface area contributed by atoms with Gasteiger partial charge in [-0.3, -0.25) is 0 Å². The molecule has 146 valence electrons. The van der Waals surface area contributed by atoms with E-state index >= 15 is 0 Å². The van der Waals surface area contributed by atoms with Gasteiger partial charge >= 0.3 is 0 Å². The van der Waals surface area contributed by atoms with E-state index in [0.29, 0.717) is 5.11 Å². The van der Waals surface area contributed by atoms with Crippen molar-refractivity contribution in [2.45, 2.75) is 6.04 Å². The highest BCUT2D eigenvalue weighted by atomic mass is 32.1. The molecule has 4 aromatic rings. The van der Waals surface area contributed by atoms with Crippen molar-refractivity contribution in [1.82, 2.24) is 20.4 Å². The van der Waals surface area contributed by atoms with Crippen LogP contribution in [-0.2, 0) is 0 Å². The van der Waals surface area contributed by atoms with Crippen LogP contribution in [0.3, 0.4) is 0 Å². The van der Waals surface area contributed by atoms with Crippen LogP contribution in [0.15, 0.2) is 103 Å². The topological polar surface area (TPSA) is 41.9 Å². The third-order valence-corrected chi connectivity index (χ3v) is 5.32. The quantitative estimate of drug-likeness (QED) is 0.461. The molecule has 1 aliphatic heterocycles. The predicted molar refractivity (Wildman–Crippen MR) is 125 cm³/mol. The van der Waals surface area contributed by atoms with Gasteiger partial charge in [0.15, 0.2) is 5.11 Å². The minimum absolute atomic E-state index is 0.0957. The molecule has 0 spiro atoms. The highest BCUT2D eigenvalue weighted by Crippen LogP contribution is 2.31. The number of para-hydroxylation sites is 1. The molecular formula is C25H20N4S. The SMILES string of the molecule is S=C1NC(c2ccccc2)=C[C@H](c2cn(-c3ccccc3)nc2-c2ccccc2)N1. The van der Waals surface area contributed by atoms with E-state index in [-0.39, 0.29) is 6.04 Å². The van der Waals surface area contributed by atoms with E-state index < -0.39 is 0 Å². The lowest BCUT2D eigenvalue weighted by Gasteiger charge is -2.26. The average Bonchev–Trinajstić information content (AvgIpc) is 3.26. The van der Waals surface area contributed by atoms with E-state index in [1.807, 2.05) is 59.3 Å². The zero-order valence-electron chi connectivity index (χ0n) is 16.2. The van der Waals surface area contributed by atoms with Crippen molar-refractivity contribution < 1.29 is 0 Å². The maximum Gasteiger partial charge on any atom is 0.171 e. The van der Waals surface area contributed by atoms with Crippen LogP contribution in [0.4, 0.5) is 0 Å². The molecule has 5 heteroatoms. The van der Waals surface area contributed by atoms with Crippen LogP contribution in [0.1, 0.15) is 17.2 Å². The Labute approximate surface area is 180 Å². The maximum atomic E-state index is 5.53. The van der Waals surface area contributed by atoms with Gasteiger partial charge < -0.3 is 10.6 Å². The van der Waals surface area contributed by atoms with Crippen LogP contribution >= 0.6 is 12.2 Å². The van der Waals surface area contributed by atoms with Gasteiger partial charge in [-0.05, 0) is 36.0 Å². The van der Waals surface area contributed by atoms with Crippen LogP contribution in [-0.4, -0.2) is 14.9 Å². The van der Waals surface area contributed by atoms with Crippen molar-refractivity contribution in [3.63, 3.8) is 0 Å². The molecule has 0 bridgehead atoms. The third kappa shape index (κ3) is 3.63. The molecule has 1 aromatic heterocycles. The Kier molecular flexibility index (Phi) is 4.87. The van der Waals surface area contributed by atoms with E-state index in [4.69, 9.17) is 17.3 Å². The number of thiocarbonyl (C=S) groups is 1. The minimum atomic E-state index is -0.0957. The van der Waals surface area contributed by atoms with Crippen LogP contribution in [0.2, 0.25) is 0 Å². The zero-order chi connectivity index (χ0) is 20.3. The first-order valence-corrected chi connectivity index (χ1v) is 10.2. The number of rotatable bonds is 4. The van der Waals surface area contributed by atoms with Crippen molar-refractivity contribution in [1.29, 1.82) is 0 Å². The molecular weight excluding hydrogens is 388 g/mol. The Balaban J connectivity index is 1.64. The van der Waals surface area contributed by atoms with Gasteiger partial charge in [-0.1, -0.05) is 78.9 Å². The Morgan fingerprint density at radius 3 is 2.03 bits per heavy atom. The number of hydrogen-bond donors (Lipinski definition) is 2. The lowest BCUT2D eigenvalue weighted by Crippen LogP contribution is -2.40. The summed E-state index contributed by atoms with van der Waals surface area (Å²) >= 11 is 5.53. The Morgan fingerprint density at radius 1 is 0.767 bits per heavy atom. The summed E-state index contributed by atoms with van der Waals surface area (Å²) in [7, 11) is 0. The predicted octanol–water partition coefficient (Wildman–Crippen LogP) is 5.10. The molecule has 0 aliphatic carbocycles. The summed E-state index contributed by atoms with van der Waals surface area (Å²) in [5, 5.41) is 12.2. The first kappa shape index (κ1) is 18.3. The summed E-state index contributed by atoms with van der Waals surface area (Å²) in [6, 6.07) is 30.5. The van der Waals surface area contributed by atoms with E-state index in [2.05, 4.69) is 59.3 Å². The monoisotopic (exact) mass is 408 g/mol. The molecule has 0 amide bonds. The molecule has 0 fully saturated rings. The Hall–Kier alpha value is -3.70. The van der Waals surface area contributed by atoms with Crippen molar-refractivity contribution >= 4 is 23.0 Å². The number of aromatic nitrogens is 2. The van der Waals surface area contributed by atoms with Gasteiger partial charge in [-0.15, -0.1) is 0 Å². The number of benzene rings is 3. The van der Waals surface area contributed by atoms with Crippen molar-refractivity contribution in [2.24, 2.45) is 0 Å². The molecule has 3 aromatic carbocycles. The summed E-state index contributed by atoms with van der Waals surface area (Å²) in [5.74, 6) is 0. The maximum absolute atomic E-state index is 5.53. The molecule has 2 heterocycles. The molecule has 0 radical (unpaired) electrons. The number of nitrogens with zero attached hydrogens (tertiary/aromatic N) is 2. The molecule has 1 atom stereocenters. The second kappa shape index (κ2) is 7.97. The summed E-state index contributed by atoms with van der Waals surface area (Å²) in [4.78, 5) is 0. The lowest BCUT2D eigenvalue weighted by molar-refractivity contribution is 0.766. The smallest absolute Gasteiger partial charge is 0.171 e. The van der Waals surface area contributed by atoms with Crippen molar-refractivity contribution in [3.05, 3.63) is 114 Å². The molecule has 2 N–H and O–H groups in total. The summed E-state index contributed by atoms with van der Waals surface area (Å²) < 4.78 is 1.93. The summed E-state index contributed by atoms with van der Waals surface area (Å²) in [5.41, 5.74) is 6.19. The van der Waals surface area contributed by atoms with Crippen molar-refractivity contribution in [2.75, 3.05) is 0 Å². The fourth-order valence-electron chi connectivity index (χ4n) is 3.65.